The highest BCUT2D eigenvalue weighted by Gasteiger charge is 2.26. The number of nitrogens with one attached hydrogen (secondary N) is 1. The molecular weight excluding hydrogens is 438 g/mol. The zero-order valence-electron chi connectivity index (χ0n) is 18.4. The number of sulfone groups is 1. The number of anilines is 1. The maximum absolute atomic E-state index is 12.1. The number of hydrogen-bond acceptors (Lipinski definition) is 6. The van der Waals surface area contributed by atoms with E-state index < -0.39 is 9.84 Å². The number of rotatable bonds is 7. The predicted octanol–water partition coefficient (Wildman–Crippen LogP) is 3.27. The summed E-state index contributed by atoms with van der Waals surface area (Å²) in [6.07, 6.45) is 3.73. The van der Waals surface area contributed by atoms with E-state index in [9.17, 15) is 13.2 Å². The lowest BCUT2D eigenvalue weighted by molar-refractivity contribution is 0.238. The largest absolute Gasteiger partial charge is 0.494 e. The van der Waals surface area contributed by atoms with Crippen molar-refractivity contribution in [2.75, 3.05) is 44.2 Å². The molecular formula is C25H27N3O4S. The summed E-state index contributed by atoms with van der Waals surface area (Å²) >= 11 is 0. The van der Waals surface area contributed by atoms with Crippen LogP contribution in [0.15, 0.2) is 63.6 Å². The SMILES string of the molecule is O=c1ccc2ccc(OCCCCN3CCN(c4cccc5c4C=CS5(=O)=O)CC3)cc2[nH]1. The fraction of sp³-hybridized carbons (Fsp3) is 0.320. The standard InChI is InChI=1S/C25H27N3O4S/c29-25-9-7-19-6-8-20(18-22(19)26-25)32-16-2-1-11-27-12-14-28(15-13-27)23-4-3-5-24-21(23)10-17-33(24,30)31/h3-10,17-18H,1-2,11-16H2,(H,26,29). The van der Waals surface area contributed by atoms with Crippen LogP contribution in [0.3, 0.4) is 0 Å². The van der Waals surface area contributed by atoms with E-state index >= 15 is 0 Å². The fourth-order valence-electron chi connectivity index (χ4n) is 4.51. The van der Waals surface area contributed by atoms with Crippen LogP contribution >= 0.6 is 0 Å². The Balaban J connectivity index is 1.07. The summed E-state index contributed by atoms with van der Waals surface area (Å²) in [5.41, 5.74) is 2.50. The molecule has 0 bridgehead atoms. The van der Waals surface area contributed by atoms with E-state index in [2.05, 4.69) is 14.8 Å². The zero-order valence-corrected chi connectivity index (χ0v) is 19.2. The van der Waals surface area contributed by atoms with Crippen molar-refractivity contribution < 1.29 is 13.2 Å². The van der Waals surface area contributed by atoms with Gasteiger partial charge >= 0.3 is 0 Å². The molecule has 0 radical (unpaired) electrons. The van der Waals surface area contributed by atoms with Crippen molar-refractivity contribution >= 4 is 32.5 Å². The Bertz CT molecular complexity index is 1360. The summed E-state index contributed by atoms with van der Waals surface area (Å²) in [6, 6.07) is 14.6. The Labute approximate surface area is 193 Å². The third kappa shape index (κ3) is 4.67. The molecule has 1 N–H and O–H groups in total. The molecule has 33 heavy (non-hydrogen) atoms. The number of hydrogen-bond donors (Lipinski definition) is 1. The van der Waals surface area contributed by atoms with Crippen molar-refractivity contribution in [1.82, 2.24) is 9.88 Å². The van der Waals surface area contributed by atoms with Gasteiger partial charge in [-0.1, -0.05) is 6.07 Å². The number of piperazine rings is 1. The number of pyridine rings is 1. The summed E-state index contributed by atoms with van der Waals surface area (Å²) in [5, 5.41) is 2.29. The first-order chi connectivity index (χ1) is 16.0. The minimum Gasteiger partial charge on any atom is -0.494 e. The summed E-state index contributed by atoms with van der Waals surface area (Å²) in [4.78, 5) is 19.5. The Kier molecular flexibility index (Phi) is 5.95. The Hall–Kier alpha value is -3.10. The molecule has 2 aliphatic rings. The summed E-state index contributed by atoms with van der Waals surface area (Å²) in [7, 11) is -3.27. The van der Waals surface area contributed by atoms with Gasteiger partial charge < -0.3 is 14.6 Å². The van der Waals surface area contributed by atoms with Crippen LogP contribution in [0.2, 0.25) is 0 Å². The number of ether oxygens (including phenoxy) is 1. The van der Waals surface area contributed by atoms with Crippen molar-refractivity contribution in [3.05, 3.63) is 69.9 Å². The normalized spacial score (nSPS) is 17.4. The third-order valence-electron chi connectivity index (χ3n) is 6.31. The van der Waals surface area contributed by atoms with E-state index in [1.165, 1.54) is 11.5 Å². The van der Waals surface area contributed by atoms with E-state index in [1.807, 2.05) is 30.3 Å². The van der Waals surface area contributed by atoms with Gasteiger partial charge in [-0.3, -0.25) is 9.69 Å². The van der Waals surface area contributed by atoms with Crippen LogP contribution in [0, 0.1) is 0 Å². The van der Waals surface area contributed by atoms with E-state index in [1.54, 1.807) is 18.2 Å². The highest BCUT2D eigenvalue weighted by molar-refractivity contribution is 7.94. The molecule has 1 fully saturated rings. The second kappa shape index (κ2) is 9.03. The first kappa shape index (κ1) is 21.7. The lowest BCUT2D eigenvalue weighted by atomic mass is 10.1. The van der Waals surface area contributed by atoms with Crippen molar-refractivity contribution in [2.45, 2.75) is 17.7 Å². The molecule has 2 aromatic carbocycles. The molecule has 1 aromatic heterocycles. The average Bonchev–Trinajstić information content (AvgIpc) is 3.14. The topological polar surface area (TPSA) is 82.7 Å². The van der Waals surface area contributed by atoms with Gasteiger partial charge in [-0.2, -0.15) is 0 Å². The first-order valence-corrected chi connectivity index (χ1v) is 12.8. The van der Waals surface area contributed by atoms with Crippen LogP contribution in [-0.2, 0) is 9.84 Å². The average molecular weight is 466 g/mol. The Morgan fingerprint density at radius 1 is 0.970 bits per heavy atom. The predicted molar refractivity (Wildman–Crippen MR) is 131 cm³/mol. The molecule has 0 saturated carbocycles. The molecule has 3 heterocycles. The smallest absolute Gasteiger partial charge is 0.248 e. The van der Waals surface area contributed by atoms with Crippen molar-refractivity contribution in [3.8, 4) is 5.75 Å². The van der Waals surface area contributed by atoms with Gasteiger partial charge in [-0.05, 0) is 61.2 Å². The van der Waals surface area contributed by atoms with Gasteiger partial charge in [0.25, 0.3) is 0 Å². The number of aromatic amines is 1. The summed E-state index contributed by atoms with van der Waals surface area (Å²) in [5.74, 6) is 0.768. The minimum absolute atomic E-state index is 0.113. The van der Waals surface area contributed by atoms with E-state index in [0.717, 1.165) is 73.5 Å². The second-order valence-corrected chi connectivity index (χ2v) is 10.3. The molecule has 0 spiro atoms. The highest BCUT2D eigenvalue weighted by atomic mass is 32.2. The molecule has 7 nitrogen and oxygen atoms in total. The third-order valence-corrected chi connectivity index (χ3v) is 7.77. The van der Waals surface area contributed by atoms with E-state index in [0.29, 0.717) is 11.5 Å². The van der Waals surface area contributed by atoms with E-state index in [4.69, 9.17) is 4.74 Å². The number of fused-ring (bicyclic) bond motifs is 2. The number of benzene rings is 2. The van der Waals surface area contributed by atoms with Gasteiger partial charge in [0, 0.05) is 55.0 Å². The second-order valence-electron chi connectivity index (χ2n) is 8.49. The lowest BCUT2D eigenvalue weighted by Gasteiger charge is -2.36. The lowest BCUT2D eigenvalue weighted by Crippen LogP contribution is -2.46. The highest BCUT2D eigenvalue weighted by Crippen LogP contribution is 2.34. The van der Waals surface area contributed by atoms with Crippen LogP contribution in [-0.4, -0.2) is 57.6 Å². The molecule has 0 atom stereocenters. The van der Waals surface area contributed by atoms with E-state index in [-0.39, 0.29) is 5.56 Å². The van der Waals surface area contributed by atoms with Gasteiger partial charge in [0.05, 0.1) is 17.0 Å². The van der Waals surface area contributed by atoms with Crippen LogP contribution in [0.1, 0.15) is 18.4 Å². The molecule has 0 amide bonds. The van der Waals surface area contributed by atoms with Crippen molar-refractivity contribution in [3.63, 3.8) is 0 Å². The van der Waals surface area contributed by atoms with Gasteiger partial charge in [0.2, 0.25) is 15.4 Å². The molecule has 5 rings (SSSR count). The number of aromatic nitrogens is 1. The molecule has 8 heteroatoms. The summed E-state index contributed by atoms with van der Waals surface area (Å²) in [6.45, 7) is 5.34. The Morgan fingerprint density at radius 3 is 2.64 bits per heavy atom. The molecule has 0 aliphatic carbocycles. The van der Waals surface area contributed by atoms with Crippen LogP contribution < -0.4 is 15.2 Å². The monoisotopic (exact) mass is 465 g/mol. The molecule has 1 saturated heterocycles. The molecule has 2 aliphatic heterocycles. The molecule has 0 unspecified atom stereocenters. The van der Waals surface area contributed by atoms with Crippen LogP contribution in [0.4, 0.5) is 5.69 Å². The van der Waals surface area contributed by atoms with Gasteiger partial charge in [0.15, 0.2) is 0 Å². The van der Waals surface area contributed by atoms with Crippen LogP contribution in [0.5, 0.6) is 5.75 Å². The van der Waals surface area contributed by atoms with Gasteiger partial charge in [-0.15, -0.1) is 0 Å². The van der Waals surface area contributed by atoms with Crippen molar-refractivity contribution in [2.24, 2.45) is 0 Å². The van der Waals surface area contributed by atoms with Crippen molar-refractivity contribution in [1.29, 1.82) is 0 Å². The quantitative estimate of drug-likeness (QED) is 0.540. The summed E-state index contributed by atoms with van der Waals surface area (Å²) < 4.78 is 30.1. The number of nitrogens with zero attached hydrogens (tertiary/aromatic N) is 2. The first-order valence-electron chi connectivity index (χ1n) is 11.3. The zero-order chi connectivity index (χ0) is 22.8. The maximum atomic E-state index is 12.1. The fourth-order valence-corrected chi connectivity index (χ4v) is 5.72. The number of H-pyrrole nitrogens is 1. The number of unbranched alkanes of at least 4 members (excludes halogenated alkanes) is 1. The van der Waals surface area contributed by atoms with Gasteiger partial charge in [0.1, 0.15) is 5.75 Å². The maximum Gasteiger partial charge on any atom is 0.248 e. The van der Waals surface area contributed by atoms with Crippen LogP contribution in [0.25, 0.3) is 17.0 Å². The van der Waals surface area contributed by atoms with Gasteiger partial charge in [-0.25, -0.2) is 8.42 Å². The molecule has 3 aromatic rings. The minimum atomic E-state index is -3.27. The Morgan fingerprint density at radius 2 is 1.79 bits per heavy atom. The molecule has 172 valence electrons.